The van der Waals surface area contributed by atoms with Crippen molar-refractivity contribution in [2.45, 2.75) is 19.8 Å². The lowest BCUT2D eigenvalue weighted by atomic mass is 9.84. The van der Waals surface area contributed by atoms with Gasteiger partial charge in [0.15, 0.2) is 16.7 Å². The lowest BCUT2D eigenvalue weighted by molar-refractivity contribution is 0.0792. The highest BCUT2D eigenvalue weighted by molar-refractivity contribution is 7.17. The smallest absolute Gasteiger partial charge is 0.321 e. The Hall–Kier alpha value is -2.85. The molecular formula is C19H23N5O4S. The molecule has 1 atom stereocenters. The van der Waals surface area contributed by atoms with Crippen LogP contribution in [0.3, 0.4) is 0 Å². The van der Waals surface area contributed by atoms with Crippen LogP contribution in [0.15, 0.2) is 18.3 Å². The van der Waals surface area contributed by atoms with E-state index in [0.717, 1.165) is 17.9 Å². The quantitative estimate of drug-likeness (QED) is 0.342. The largest absolute Gasteiger partial charge is 0.383 e. The third kappa shape index (κ3) is 4.96. The fourth-order valence-corrected chi connectivity index (χ4v) is 4.02. The number of pyridine rings is 1. The number of aromatic nitrogens is 2. The summed E-state index contributed by atoms with van der Waals surface area (Å²) in [5.41, 5.74) is 1.03. The zero-order valence-corrected chi connectivity index (χ0v) is 17.1. The van der Waals surface area contributed by atoms with Gasteiger partial charge in [0.05, 0.1) is 23.1 Å². The van der Waals surface area contributed by atoms with Crippen LogP contribution in [0.2, 0.25) is 0 Å². The number of nitrogens with one attached hydrogen (secondary N) is 3. The number of nitrogens with zero attached hydrogens (tertiary/aromatic N) is 2. The fourth-order valence-electron chi connectivity index (χ4n) is 3.02. The Morgan fingerprint density at radius 2 is 2.17 bits per heavy atom. The highest BCUT2D eigenvalue weighted by Crippen LogP contribution is 2.33. The number of aryl methyl sites for hydroxylation is 1. The van der Waals surface area contributed by atoms with Crippen molar-refractivity contribution in [3.63, 3.8) is 0 Å². The number of anilines is 2. The molecule has 0 spiro atoms. The molecule has 3 N–H and O–H groups in total. The van der Waals surface area contributed by atoms with Crippen LogP contribution in [-0.2, 0) is 11.2 Å². The van der Waals surface area contributed by atoms with Gasteiger partial charge in [0, 0.05) is 32.0 Å². The first-order valence-electron chi connectivity index (χ1n) is 9.35. The zero-order valence-electron chi connectivity index (χ0n) is 16.3. The van der Waals surface area contributed by atoms with Crippen molar-refractivity contribution in [3.05, 3.63) is 34.5 Å². The Morgan fingerprint density at radius 3 is 2.86 bits per heavy atom. The van der Waals surface area contributed by atoms with Crippen LogP contribution in [0.1, 0.15) is 39.1 Å². The van der Waals surface area contributed by atoms with E-state index in [1.807, 2.05) is 6.92 Å². The molecule has 2 amide bonds. The molecule has 3 rings (SSSR count). The molecule has 2 aromatic rings. The molecule has 2 heterocycles. The number of ether oxygens (including phenoxy) is 1. The number of Topliss-reactive ketones (excluding diaryl/α,β-unsaturated/α-hetero) is 2. The van der Waals surface area contributed by atoms with Crippen molar-refractivity contribution in [1.29, 1.82) is 0 Å². The fraction of sp³-hybridized carbons (Fsp3) is 0.421. The van der Waals surface area contributed by atoms with E-state index in [4.69, 9.17) is 4.74 Å². The third-order valence-corrected chi connectivity index (χ3v) is 5.47. The Kier molecular flexibility index (Phi) is 6.89. The van der Waals surface area contributed by atoms with E-state index in [9.17, 15) is 14.4 Å². The molecule has 1 aliphatic carbocycles. The zero-order chi connectivity index (χ0) is 20.8. The monoisotopic (exact) mass is 417 g/mol. The Morgan fingerprint density at radius 1 is 1.34 bits per heavy atom. The van der Waals surface area contributed by atoms with Gasteiger partial charge < -0.3 is 15.4 Å². The molecule has 2 aromatic heterocycles. The predicted molar refractivity (Wildman–Crippen MR) is 110 cm³/mol. The highest BCUT2D eigenvalue weighted by atomic mass is 32.1. The van der Waals surface area contributed by atoms with Crippen molar-refractivity contribution in [3.8, 4) is 0 Å². The second kappa shape index (κ2) is 9.57. The Balaban J connectivity index is 1.67. The first-order valence-corrected chi connectivity index (χ1v) is 10.2. The number of amides is 2. The molecule has 10 heteroatoms. The van der Waals surface area contributed by atoms with E-state index in [2.05, 4.69) is 25.9 Å². The van der Waals surface area contributed by atoms with Crippen LogP contribution >= 0.6 is 11.3 Å². The van der Waals surface area contributed by atoms with Gasteiger partial charge in [-0.25, -0.2) is 14.8 Å². The van der Waals surface area contributed by atoms with Gasteiger partial charge in [-0.1, -0.05) is 11.3 Å². The summed E-state index contributed by atoms with van der Waals surface area (Å²) in [6.07, 6.45) is 2.39. The molecule has 0 aromatic carbocycles. The van der Waals surface area contributed by atoms with Gasteiger partial charge in [-0.2, -0.15) is 0 Å². The Labute approximate surface area is 172 Å². The van der Waals surface area contributed by atoms with E-state index in [1.165, 1.54) is 6.20 Å². The SMILES string of the molecule is CCNc1ccc(C(=O)C2CCc3nc(NC(=O)NCCOC)sc3C2=O)cn1. The van der Waals surface area contributed by atoms with Crippen LogP contribution in [0.25, 0.3) is 0 Å². The average Bonchev–Trinajstić information content (AvgIpc) is 3.12. The van der Waals surface area contributed by atoms with Gasteiger partial charge in [0.1, 0.15) is 5.82 Å². The summed E-state index contributed by atoms with van der Waals surface area (Å²) in [5, 5.41) is 8.65. The third-order valence-electron chi connectivity index (χ3n) is 4.44. The average molecular weight is 417 g/mol. The summed E-state index contributed by atoms with van der Waals surface area (Å²) in [6.45, 7) is 3.45. The van der Waals surface area contributed by atoms with Crippen LogP contribution < -0.4 is 16.0 Å². The normalized spacial score (nSPS) is 15.5. The highest BCUT2D eigenvalue weighted by Gasteiger charge is 2.36. The van der Waals surface area contributed by atoms with E-state index in [1.54, 1.807) is 19.2 Å². The molecule has 0 bridgehead atoms. The van der Waals surface area contributed by atoms with E-state index in [-0.39, 0.29) is 11.6 Å². The van der Waals surface area contributed by atoms with E-state index >= 15 is 0 Å². The Bertz CT molecular complexity index is 897. The molecule has 1 unspecified atom stereocenters. The number of rotatable bonds is 8. The number of carbonyl (C=O) groups excluding carboxylic acids is 3. The van der Waals surface area contributed by atoms with Gasteiger partial charge in [0.25, 0.3) is 0 Å². The van der Waals surface area contributed by atoms with E-state index in [0.29, 0.717) is 53.1 Å². The number of ketones is 2. The molecule has 0 fully saturated rings. The molecule has 0 saturated heterocycles. The maximum absolute atomic E-state index is 12.9. The van der Waals surface area contributed by atoms with Gasteiger partial charge in [0.2, 0.25) is 0 Å². The standard InChI is InChI=1S/C19H23N5O4S/c1-3-20-14-7-4-11(10-22-14)15(25)12-5-6-13-17(16(12)26)29-19(23-13)24-18(27)21-8-9-28-2/h4,7,10,12H,3,5-6,8-9H2,1-2H3,(H,20,22)(H2,21,23,24,27). The summed E-state index contributed by atoms with van der Waals surface area (Å²) in [7, 11) is 1.55. The van der Waals surface area contributed by atoms with Crippen molar-refractivity contribution in [2.75, 3.05) is 37.4 Å². The van der Waals surface area contributed by atoms with Gasteiger partial charge in [-0.3, -0.25) is 14.9 Å². The minimum Gasteiger partial charge on any atom is -0.383 e. The molecule has 9 nitrogen and oxygen atoms in total. The molecule has 1 aliphatic rings. The lowest BCUT2D eigenvalue weighted by Gasteiger charge is -2.18. The van der Waals surface area contributed by atoms with Crippen LogP contribution in [0.4, 0.5) is 15.7 Å². The molecule has 0 saturated carbocycles. The van der Waals surface area contributed by atoms with E-state index < -0.39 is 11.9 Å². The van der Waals surface area contributed by atoms with Crippen molar-refractivity contribution in [2.24, 2.45) is 5.92 Å². The first kappa shape index (κ1) is 20.9. The number of fused-ring (bicyclic) bond motifs is 1. The number of hydrogen-bond donors (Lipinski definition) is 3. The van der Waals surface area contributed by atoms with Crippen molar-refractivity contribution < 1.29 is 19.1 Å². The second-order valence-corrected chi connectivity index (χ2v) is 7.45. The number of carbonyl (C=O) groups is 3. The van der Waals surface area contributed by atoms with Gasteiger partial charge >= 0.3 is 6.03 Å². The van der Waals surface area contributed by atoms with Crippen LogP contribution in [0, 0.1) is 5.92 Å². The number of thiazole rings is 1. The molecule has 0 aliphatic heterocycles. The summed E-state index contributed by atoms with van der Waals surface area (Å²) >= 11 is 1.09. The van der Waals surface area contributed by atoms with Crippen molar-refractivity contribution in [1.82, 2.24) is 15.3 Å². The first-order chi connectivity index (χ1) is 14.0. The predicted octanol–water partition coefficient (Wildman–Crippen LogP) is 2.37. The van der Waals surface area contributed by atoms with Gasteiger partial charge in [-0.05, 0) is 31.9 Å². The number of hydrogen-bond acceptors (Lipinski definition) is 8. The lowest BCUT2D eigenvalue weighted by Crippen LogP contribution is -2.31. The molecule has 29 heavy (non-hydrogen) atoms. The number of urea groups is 1. The number of methoxy groups -OCH3 is 1. The maximum atomic E-state index is 12.9. The molecule has 154 valence electrons. The minimum atomic E-state index is -0.752. The second-order valence-electron chi connectivity index (χ2n) is 6.45. The molecular weight excluding hydrogens is 394 g/mol. The summed E-state index contributed by atoms with van der Waals surface area (Å²) < 4.78 is 4.87. The van der Waals surface area contributed by atoms with Crippen LogP contribution in [0.5, 0.6) is 0 Å². The topological polar surface area (TPSA) is 122 Å². The maximum Gasteiger partial charge on any atom is 0.321 e. The molecule has 0 radical (unpaired) electrons. The summed E-state index contributed by atoms with van der Waals surface area (Å²) in [5.74, 6) is -0.560. The summed E-state index contributed by atoms with van der Waals surface area (Å²) in [4.78, 5) is 46.5. The van der Waals surface area contributed by atoms with Gasteiger partial charge in [-0.15, -0.1) is 0 Å². The minimum absolute atomic E-state index is 0.239. The summed E-state index contributed by atoms with van der Waals surface area (Å²) in [6, 6.07) is 2.99. The van der Waals surface area contributed by atoms with Crippen molar-refractivity contribution >= 4 is 39.9 Å². The van der Waals surface area contributed by atoms with Crippen LogP contribution in [-0.4, -0.2) is 54.4 Å².